The molecule has 0 aliphatic carbocycles. The highest BCUT2D eigenvalue weighted by molar-refractivity contribution is 5.99. The van der Waals surface area contributed by atoms with E-state index >= 15 is 0 Å². The number of aliphatic imine (C=N–C) groups is 2. The second kappa shape index (κ2) is 27.1. The molecule has 5 aromatic carbocycles. The monoisotopic (exact) mass is 1610 g/mol. The van der Waals surface area contributed by atoms with E-state index in [2.05, 4.69) is 9.98 Å². The van der Waals surface area contributed by atoms with Crippen molar-refractivity contribution in [2.24, 2.45) is 9.98 Å². The Morgan fingerprint density at radius 3 is 0.704 bits per heavy atom. The summed E-state index contributed by atoms with van der Waals surface area (Å²) in [6.45, 7) is 12.0. The van der Waals surface area contributed by atoms with Crippen LogP contribution in [0.4, 0.5) is 161 Å². The van der Waals surface area contributed by atoms with E-state index in [9.17, 15) is 168 Å². The van der Waals surface area contributed by atoms with Crippen molar-refractivity contribution in [2.45, 2.75) is 189 Å². The third-order valence-corrected chi connectivity index (χ3v) is 18.6. The van der Waals surface area contributed by atoms with Gasteiger partial charge in [0.25, 0.3) is 22.2 Å². The first-order chi connectivity index (χ1) is 48.5. The van der Waals surface area contributed by atoms with Crippen molar-refractivity contribution in [2.75, 3.05) is 0 Å². The van der Waals surface area contributed by atoms with Gasteiger partial charge in [-0.2, -0.15) is 149 Å². The quantitative estimate of drug-likeness (QED) is 0.0398. The molecule has 0 amide bonds. The number of nitrogens with zero attached hydrogens (tertiary/aromatic N) is 4. The molecule has 0 bridgehead atoms. The van der Waals surface area contributed by atoms with E-state index < -0.39 is 156 Å². The number of hydrogen-bond donors (Lipinski definition) is 0. The van der Waals surface area contributed by atoms with Crippen LogP contribution in [0.15, 0.2) is 89.8 Å². The van der Waals surface area contributed by atoms with E-state index in [0.29, 0.717) is 22.3 Å². The summed E-state index contributed by atoms with van der Waals surface area (Å²) in [5.74, 6) is -114. The van der Waals surface area contributed by atoms with Crippen molar-refractivity contribution in [3.8, 4) is 11.4 Å². The van der Waals surface area contributed by atoms with Gasteiger partial charge in [0.05, 0.1) is 44.3 Å². The van der Waals surface area contributed by atoms with E-state index in [4.69, 9.17) is 0 Å². The first-order valence-corrected chi connectivity index (χ1v) is 30.3. The molecule has 0 saturated carbocycles. The lowest BCUT2D eigenvalue weighted by atomic mass is 9.87. The van der Waals surface area contributed by atoms with Gasteiger partial charge in [-0.15, -0.1) is 0 Å². The number of halogens is 34. The fourth-order valence-corrected chi connectivity index (χ4v) is 11.5. The lowest BCUT2D eigenvalue weighted by Gasteiger charge is -2.42. The second-order valence-electron chi connectivity index (χ2n) is 25.2. The Bertz CT molecular complexity index is 4500. The lowest BCUT2D eigenvalue weighted by molar-refractivity contribution is -0.461. The number of benzene rings is 5. The van der Waals surface area contributed by atoms with Crippen LogP contribution in [0.2, 0.25) is 0 Å². The molecule has 8 nitrogen and oxygen atoms in total. The minimum atomic E-state index is -8.75. The number of aromatic nitrogens is 2. The maximum atomic E-state index is 14.6. The predicted octanol–water partition coefficient (Wildman–Crippen LogP) is 20.5. The minimum absolute atomic E-state index is 0.0399. The highest BCUT2D eigenvalue weighted by Gasteiger charge is 2.97. The molecule has 7 rings (SSSR count). The molecule has 0 fully saturated rings. The molecule has 42 heteroatoms. The Morgan fingerprint density at radius 2 is 0.491 bits per heavy atom. The number of hydrogen-bond acceptors (Lipinski definition) is 6. The van der Waals surface area contributed by atoms with Gasteiger partial charge < -0.3 is 0 Å². The van der Waals surface area contributed by atoms with E-state index in [1.54, 1.807) is 0 Å². The van der Waals surface area contributed by atoms with Crippen LogP contribution >= 0.6 is 0 Å². The van der Waals surface area contributed by atoms with E-state index in [1.165, 1.54) is 92.1 Å². The zero-order valence-corrected chi connectivity index (χ0v) is 55.4. The summed E-state index contributed by atoms with van der Waals surface area (Å²) >= 11 is 0. The molecular formula is C66H48F34N4O4. The van der Waals surface area contributed by atoms with Crippen molar-refractivity contribution >= 4 is 45.3 Å². The third kappa shape index (κ3) is 12.8. The standard InChI is InChI=1S/C66H48F34N4O4/c1-27-31(5)45(32(6)28(2)43(27)101-25-37-17-13-35(14-18-37)11-9-21-51(67,68)53(71,72)55(75,76)57(79,80)59(83,84)61(87,88)63(91,92)65(95,96)97)103-47(105)39-23-41-42(24-40(39)48(103)106)50(108)104(49(41)107)46-33(7)29(3)44(30(4)34(46)8)102-26-38-19-15-36(16-20-38)12-10-22-52(69,70)54(73,74)56(77,78)58(81,82)60(85,86)62(89,90)64(93,94)66(98,99)100/h13-20,23-26H,9-12,21-22H2,1-8H3. The average Bonchev–Trinajstić information content (AvgIpc) is 1.05. The summed E-state index contributed by atoms with van der Waals surface area (Å²) in [6, 6.07) is 11.3. The van der Waals surface area contributed by atoms with Crippen LogP contribution in [0.25, 0.3) is 32.9 Å². The highest BCUT2D eigenvalue weighted by Crippen LogP contribution is 2.67. The van der Waals surface area contributed by atoms with Crippen molar-refractivity contribution < 1.29 is 149 Å². The minimum Gasteiger partial charge on any atom is -0.268 e. The average molecular weight is 1610 g/mol. The van der Waals surface area contributed by atoms with Gasteiger partial charge in [0.2, 0.25) is 0 Å². The van der Waals surface area contributed by atoms with E-state index in [-0.39, 0.29) is 88.8 Å². The van der Waals surface area contributed by atoms with E-state index in [0.717, 1.165) is 45.5 Å². The molecule has 2 aromatic heterocycles. The van der Waals surface area contributed by atoms with Gasteiger partial charge >= 0.3 is 95.3 Å². The second-order valence-corrected chi connectivity index (χ2v) is 25.2. The predicted molar refractivity (Wildman–Crippen MR) is 320 cm³/mol. The maximum Gasteiger partial charge on any atom is 0.460 e. The van der Waals surface area contributed by atoms with Gasteiger partial charge in [0.1, 0.15) is 0 Å². The maximum absolute atomic E-state index is 14.6. The molecule has 0 aliphatic heterocycles. The van der Waals surface area contributed by atoms with Crippen LogP contribution in [-0.4, -0.2) is 117 Å². The van der Waals surface area contributed by atoms with Gasteiger partial charge in [-0.25, -0.2) is 9.13 Å². The largest absolute Gasteiger partial charge is 0.460 e. The Balaban J connectivity index is 1.06. The number of rotatable bonds is 26. The smallest absolute Gasteiger partial charge is 0.268 e. The van der Waals surface area contributed by atoms with Crippen molar-refractivity contribution in [3.05, 3.63) is 169 Å². The molecule has 0 atom stereocenters. The molecule has 0 spiro atoms. The topological polar surface area (TPSA) is 103 Å². The molecule has 594 valence electrons. The van der Waals surface area contributed by atoms with Gasteiger partial charge in [0, 0.05) is 25.3 Å². The van der Waals surface area contributed by atoms with Gasteiger partial charge in [-0.1, -0.05) is 48.5 Å². The zero-order chi connectivity index (χ0) is 83.2. The van der Waals surface area contributed by atoms with Gasteiger partial charge in [-0.3, -0.25) is 29.2 Å². The summed E-state index contributed by atoms with van der Waals surface area (Å²) < 4.78 is 469. The molecule has 0 radical (unpaired) electrons. The zero-order valence-electron chi connectivity index (χ0n) is 55.4. The molecule has 2 heterocycles. The van der Waals surface area contributed by atoms with Crippen molar-refractivity contribution in [1.82, 2.24) is 9.13 Å². The molecular weight excluding hydrogens is 1560 g/mol. The Labute approximate surface area is 582 Å². The molecule has 0 aliphatic rings. The Kier molecular flexibility index (Phi) is 21.7. The fraction of sp³-hybridized carbons (Fsp3) is 0.455. The summed E-state index contributed by atoms with van der Waals surface area (Å²) in [7, 11) is 0. The van der Waals surface area contributed by atoms with Crippen LogP contribution in [-0.2, 0) is 12.8 Å². The molecule has 108 heavy (non-hydrogen) atoms. The van der Waals surface area contributed by atoms with Crippen LogP contribution < -0.4 is 22.2 Å². The van der Waals surface area contributed by atoms with Crippen molar-refractivity contribution in [3.63, 3.8) is 0 Å². The SMILES string of the molecule is Cc1c(C)c(-n2c(=O)c3cc4c(=O)n(-c5c(C)c(C)c(N=Cc6ccc(CCCC(F)(F)C(F)(F)C(F)(F)C(F)(F)C(F)(F)C(F)(F)C(F)(F)C(F)(F)F)cc6)c(C)c5C)c(=O)c4cc3c2=O)c(C)c(C)c1N=Cc1ccc(CCCC(F)(F)C(F)(F)C(F)(F)C(F)(F)C(F)(F)C(F)(F)C(F)(F)C(F)(F)F)cc1. The van der Waals surface area contributed by atoms with Gasteiger partial charge in [-0.05, 0) is 160 Å². The number of fused-ring (bicyclic) bond motifs is 2. The Hall–Kier alpha value is -8.66. The van der Waals surface area contributed by atoms with E-state index in [1.807, 2.05) is 0 Å². The number of aryl methyl sites for hydroxylation is 2. The molecule has 0 unspecified atom stereocenters. The fourth-order valence-electron chi connectivity index (χ4n) is 11.5. The summed E-state index contributed by atoms with van der Waals surface area (Å²) in [5, 5.41) is -1.27. The molecule has 0 N–H and O–H groups in total. The summed E-state index contributed by atoms with van der Waals surface area (Å²) in [4.78, 5) is 66.4. The van der Waals surface area contributed by atoms with Crippen LogP contribution in [0.1, 0.15) is 92.4 Å². The first kappa shape index (κ1) is 86.6. The van der Waals surface area contributed by atoms with Gasteiger partial charge in [0.15, 0.2) is 0 Å². The normalized spacial score (nSPS) is 14.7. The lowest BCUT2D eigenvalue weighted by Crippen LogP contribution is -2.74. The Morgan fingerprint density at radius 1 is 0.287 bits per heavy atom. The first-order valence-electron chi connectivity index (χ1n) is 30.3. The highest BCUT2D eigenvalue weighted by atomic mass is 19.4. The van der Waals surface area contributed by atoms with Crippen LogP contribution in [0.5, 0.6) is 0 Å². The summed E-state index contributed by atoms with van der Waals surface area (Å²) in [6.07, 6.45) is -23.1. The number of alkyl halides is 34. The van der Waals surface area contributed by atoms with Crippen LogP contribution in [0.3, 0.4) is 0 Å². The third-order valence-electron chi connectivity index (χ3n) is 18.6. The molecule has 7 aromatic rings. The van der Waals surface area contributed by atoms with Crippen LogP contribution in [0, 0.1) is 55.4 Å². The molecule has 0 saturated heterocycles. The summed E-state index contributed by atoms with van der Waals surface area (Å²) in [5.41, 5.74) is -0.745. The van der Waals surface area contributed by atoms with Crippen molar-refractivity contribution in [1.29, 1.82) is 0 Å².